The highest BCUT2D eigenvalue weighted by Gasteiger charge is 2.11. The summed E-state index contributed by atoms with van der Waals surface area (Å²) in [4.78, 5) is 17.6. The van der Waals surface area contributed by atoms with Crippen molar-refractivity contribution in [3.63, 3.8) is 0 Å². The molecule has 0 amide bonds. The lowest BCUT2D eigenvalue weighted by Crippen LogP contribution is -1.86. The van der Waals surface area contributed by atoms with Crippen LogP contribution in [0.5, 0.6) is 11.5 Å². The van der Waals surface area contributed by atoms with Gasteiger partial charge in [0.25, 0.3) is 5.69 Å². The Hall–Kier alpha value is -3.06. The van der Waals surface area contributed by atoms with Gasteiger partial charge in [0.15, 0.2) is 11.5 Å². The fraction of sp³-hybridized carbons (Fsp3) is 0.0625. The highest BCUT2D eigenvalue weighted by molar-refractivity contribution is 6.50. The van der Waals surface area contributed by atoms with Gasteiger partial charge in [0, 0.05) is 12.1 Å². The lowest BCUT2D eigenvalue weighted by molar-refractivity contribution is -0.384. The number of aromatic hydroxyl groups is 1. The number of methoxy groups -OCH3 is 1. The highest BCUT2D eigenvalue weighted by Crippen LogP contribution is 2.29. The van der Waals surface area contributed by atoms with E-state index in [0.29, 0.717) is 33.2 Å². The predicted molar refractivity (Wildman–Crippen MR) is 91.1 cm³/mol. The Labute approximate surface area is 141 Å². The van der Waals surface area contributed by atoms with Crippen LogP contribution in [-0.2, 0) is 0 Å². The maximum atomic E-state index is 10.8. The summed E-state index contributed by atoms with van der Waals surface area (Å²) < 4.78 is 4.98. The largest absolute Gasteiger partial charge is 0.504 e. The molecule has 0 aliphatic rings. The van der Waals surface area contributed by atoms with Crippen molar-refractivity contribution in [2.75, 3.05) is 7.11 Å². The quantitative estimate of drug-likeness (QED) is 0.551. The molecule has 8 heteroatoms. The molecule has 0 spiro atoms. The molecule has 0 fully saturated rings. The Morgan fingerprint density at radius 2 is 2.17 bits per heavy atom. The molecule has 122 valence electrons. The third kappa shape index (κ3) is 3.02. The van der Waals surface area contributed by atoms with E-state index in [9.17, 15) is 15.2 Å². The third-order valence-corrected chi connectivity index (χ3v) is 3.69. The zero-order valence-corrected chi connectivity index (χ0v) is 13.2. The number of ether oxygens (including phenoxy) is 1. The molecule has 3 rings (SSSR count). The zero-order valence-electron chi connectivity index (χ0n) is 12.5. The van der Waals surface area contributed by atoms with E-state index < -0.39 is 4.92 Å². The number of aromatic amines is 1. The summed E-state index contributed by atoms with van der Waals surface area (Å²) in [5.41, 5.74) is 1.71. The van der Waals surface area contributed by atoms with E-state index in [2.05, 4.69) is 9.97 Å². The summed E-state index contributed by atoms with van der Waals surface area (Å²) >= 11 is 6.26. The molecule has 0 unspecified atom stereocenters. The van der Waals surface area contributed by atoms with Crippen LogP contribution in [0.15, 0.2) is 36.4 Å². The smallest absolute Gasteiger partial charge is 0.271 e. The first-order valence-corrected chi connectivity index (χ1v) is 7.24. The average molecular weight is 346 g/mol. The van der Waals surface area contributed by atoms with Crippen LogP contribution in [0.1, 0.15) is 11.4 Å². The second-order valence-corrected chi connectivity index (χ2v) is 5.37. The molecule has 2 N–H and O–H groups in total. The molecule has 0 aliphatic carbocycles. The summed E-state index contributed by atoms with van der Waals surface area (Å²) in [5.74, 6) is 0.734. The number of hydrogen-bond donors (Lipinski definition) is 2. The molecule has 1 aromatic heterocycles. The van der Waals surface area contributed by atoms with Gasteiger partial charge in [0.05, 0.1) is 28.1 Å². The first kappa shape index (κ1) is 15.8. The number of rotatable bonds is 4. The molecule has 7 nitrogen and oxygen atoms in total. The number of nitrogens with one attached hydrogen (secondary N) is 1. The Morgan fingerprint density at radius 3 is 2.83 bits per heavy atom. The summed E-state index contributed by atoms with van der Waals surface area (Å²) in [7, 11) is 1.46. The third-order valence-electron chi connectivity index (χ3n) is 3.40. The zero-order chi connectivity index (χ0) is 17.3. The summed E-state index contributed by atoms with van der Waals surface area (Å²) in [6.07, 6.45) is 1.62. The molecule has 0 radical (unpaired) electrons. The van der Waals surface area contributed by atoms with Crippen LogP contribution in [-0.4, -0.2) is 27.1 Å². The fourth-order valence-electron chi connectivity index (χ4n) is 2.24. The standard InChI is InChI=1S/C16H12ClN3O4/c1-24-15-5-2-9(7-14(15)21)6-11(17)16-18-12-4-3-10(20(22)23)8-13(12)19-16/h2-8,21H,1H3,(H,18,19)/b11-6-. The van der Waals surface area contributed by atoms with Crippen molar-refractivity contribution in [1.82, 2.24) is 9.97 Å². The van der Waals surface area contributed by atoms with Gasteiger partial charge < -0.3 is 14.8 Å². The van der Waals surface area contributed by atoms with Gasteiger partial charge in [-0.05, 0) is 29.8 Å². The lowest BCUT2D eigenvalue weighted by Gasteiger charge is -2.03. The van der Waals surface area contributed by atoms with Crippen LogP contribution in [0.25, 0.3) is 22.1 Å². The average Bonchev–Trinajstić information content (AvgIpc) is 2.98. The minimum Gasteiger partial charge on any atom is -0.504 e. The van der Waals surface area contributed by atoms with E-state index in [4.69, 9.17) is 16.3 Å². The van der Waals surface area contributed by atoms with Crippen molar-refractivity contribution >= 4 is 39.4 Å². The van der Waals surface area contributed by atoms with Gasteiger partial charge >= 0.3 is 0 Å². The number of nitro groups is 1. The number of non-ortho nitro benzene ring substituents is 1. The van der Waals surface area contributed by atoms with Crippen LogP contribution >= 0.6 is 11.6 Å². The van der Waals surface area contributed by atoms with Crippen molar-refractivity contribution < 1.29 is 14.8 Å². The number of nitro benzene ring substituents is 1. The van der Waals surface area contributed by atoms with Crippen LogP contribution in [0.4, 0.5) is 5.69 Å². The predicted octanol–water partition coefficient (Wildman–Crippen LogP) is 3.92. The second kappa shape index (κ2) is 6.21. The number of benzene rings is 2. The molecule has 3 aromatic rings. The lowest BCUT2D eigenvalue weighted by atomic mass is 10.2. The monoisotopic (exact) mass is 345 g/mol. The molecule has 0 saturated carbocycles. The maximum Gasteiger partial charge on any atom is 0.271 e. The van der Waals surface area contributed by atoms with Crippen molar-refractivity contribution in [2.24, 2.45) is 0 Å². The molecular weight excluding hydrogens is 334 g/mol. The van der Waals surface area contributed by atoms with E-state index in [-0.39, 0.29) is 11.4 Å². The molecule has 0 saturated heterocycles. The van der Waals surface area contributed by atoms with Gasteiger partial charge in [-0.1, -0.05) is 17.7 Å². The topological polar surface area (TPSA) is 101 Å². The Kier molecular flexibility index (Phi) is 4.09. The summed E-state index contributed by atoms with van der Waals surface area (Å²) in [6, 6.07) is 9.19. The van der Waals surface area contributed by atoms with E-state index in [1.54, 1.807) is 24.3 Å². The number of nitrogens with zero attached hydrogens (tertiary/aromatic N) is 2. The van der Waals surface area contributed by atoms with Gasteiger partial charge in [-0.15, -0.1) is 0 Å². The van der Waals surface area contributed by atoms with Crippen LogP contribution in [0.2, 0.25) is 0 Å². The normalized spacial score (nSPS) is 11.7. The number of H-pyrrole nitrogens is 1. The van der Waals surface area contributed by atoms with Crippen LogP contribution in [0.3, 0.4) is 0 Å². The Morgan fingerprint density at radius 1 is 1.38 bits per heavy atom. The number of imidazole rings is 1. The van der Waals surface area contributed by atoms with E-state index in [1.165, 1.54) is 25.3 Å². The Balaban J connectivity index is 1.96. The van der Waals surface area contributed by atoms with Gasteiger partial charge in [-0.25, -0.2) is 4.98 Å². The van der Waals surface area contributed by atoms with Crippen molar-refractivity contribution in [1.29, 1.82) is 0 Å². The Bertz CT molecular complexity index is 965. The number of fused-ring (bicyclic) bond motifs is 1. The highest BCUT2D eigenvalue weighted by atomic mass is 35.5. The van der Waals surface area contributed by atoms with E-state index in [1.807, 2.05) is 0 Å². The maximum absolute atomic E-state index is 10.8. The minimum atomic E-state index is -0.475. The van der Waals surface area contributed by atoms with Crippen LogP contribution in [0, 0.1) is 10.1 Å². The summed E-state index contributed by atoms with van der Waals surface area (Å²) in [6.45, 7) is 0. The number of phenols is 1. The van der Waals surface area contributed by atoms with Crippen LogP contribution < -0.4 is 4.74 Å². The van der Waals surface area contributed by atoms with Gasteiger partial charge in [0.1, 0.15) is 5.82 Å². The number of phenolic OH excluding ortho intramolecular Hbond substituents is 1. The first-order chi connectivity index (χ1) is 11.5. The second-order valence-electron chi connectivity index (χ2n) is 4.97. The fourth-order valence-corrected chi connectivity index (χ4v) is 2.45. The molecule has 0 atom stereocenters. The molecule has 2 aromatic carbocycles. The van der Waals surface area contributed by atoms with Crippen molar-refractivity contribution in [3.8, 4) is 11.5 Å². The molecular formula is C16H12ClN3O4. The first-order valence-electron chi connectivity index (χ1n) is 6.86. The molecule has 24 heavy (non-hydrogen) atoms. The molecule has 0 aliphatic heterocycles. The number of hydrogen-bond acceptors (Lipinski definition) is 5. The van der Waals surface area contributed by atoms with Crippen molar-refractivity contribution in [2.45, 2.75) is 0 Å². The SMILES string of the molecule is COc1ccc(/C=C(\Cl)c2nc3ccc([N+](=O)[O-])cc3[nH]2)cc1O. The van der Waals surface area contributed by atoms with Gasteiger partial charge in [-0.2, -0.15) is 0 Å². The number of aromatic nitrogens is 2. The molecule has 0 bridgehead atoms. The van der Waals surface area contributed by atoms with E-state index in [0.717, 1.165) is 0 Å². The summed E-state index contributed by atoms with van der Waals surface area (Å²) in [5, 5.41) is 20.9. The van der Waals surface area contributed by atoms with Crippen molar-refractivity contribution in [3.05, 3.63) is 57.9 Å². The minimum absolute atomic E-state index is 0.00375. The van der Waals surface area contributed by atoms with Gasteiger partial charge in [-0.3, -0.25) is 10.1 Å². The molecule has 1 heterocycles. The van der Waals surface area contributed by atoms with E-state index >= 15 is 0 Å². The number of halogens is 1. The van der Waals surface area contributed by atoms with Gasteiger partial charge in [0.2, 0.25) is 0 Å².